The average Bonchev–Trinajstić information content (AvgIpc) is 2.22. The largest absolute Gasteiger partial charge is 0.393 e. The molecular weight excluding hydrogens is 116 g/mol. The molecule has 0 amide bonds. The van der Waals surface area contributed by atoms with Gasteiger partial charge in [0.25, 0.3) is 0 Å². The van der Waals surface area contributed by atoms with Gasteiger partial charge in [-0.1, -0.05) is 0 Å². The SMILES string of the molecule is O[C@@H]1C[C@H]2COC[C@H]2C1. The molecule has 2 rings (SSSR count). The summed E-state index contributed by atoms with van der Waals surface area (Å²) < 4.78 is 5.25. The van der Waals surface area contributed by atoms with Crippen LogP contribution in [0.1, 0.15) is 12.8 Å². The number of ether oxygens (including phenoxy) is 1. The minimum absolute atomic E-state index is 0.0242. The van der Waals surface area contributed by atoms with Crippen LogP contribution in [0.2, 0.25) is 0 Å². The smallest absolute Gasteiger partial charge is 0.0547 e. The van der Waals surface area contributed by atoms with Crippen molar-refractivity contribution in [2.45, 2.75) is 18.9 Å². The summed E-state index contributed by atoms with van der Waals surface area (Å²) in [5.74, 6) is 1.36. The summed E-state index contributed by atoms with van der Waals surface area (Å²) in [5, 5.41) is 9.18. The molecule has 1 aliphatic heterocycles. The Labute approximate surface area is 54.8 Å². The molecule has 0 unspecified atom stereocenters. The highest BCUT2D eigenvalue weighted by atomic mass is 16.5. The van der Waals surface area contributed by atoms with Crippen molar-refractivity contribution < 1.29 is 9.84 Å². The minimum Gasteiger partial charge on any atom is -0.393 e. The summed E-state index contributed by atoms with van der Waals surface area (Å²) in [4.78, 5) is 0. The van der Waals surface area contributed by atoms with E-state index in [1.54, 1.807) is 0 Å². The first kappa shape index (κ1) is 5.69. The first-order valence-corrected chi connectivity index (χ1v) is 3.62. The second-order valence-corrected chi connectivity index (χ2v) is 3.18. The Kier molecular flexibility index (Phi) is 1.24. The van der Waals surface area contributed by atoms with Crippen molar-refractivity contribution in [1.29, 1.82) is 0 Å². The van der Waals surface area contributed by atoms with E-state index in [9.17, 15) is 5.11 Å². The van der Waals surface area contributed by atoms with Crippen LogP contribution in [0, 0.1) is 11.8 Å². The third kappa shape index (κ3) is 0.864. The molecule has 0 aromatic heterocycles. The second-order valence-electron chi connectivity index (χ2n) is 3.18. The first-order chi connectivity index (χ1) is 4.36. The van der Waals surface area contributed by atoms with E-state index in [1.807, 2.05) is 0 Å². The maximum absolute atomic E-state index is 9.18. The summed E-state index contributed by atoms with van der Waals surface area (Å²) in [6, 6.07) is 0. The molecular formula is C7H12O2. The Balaban J connectivity index is 2.02. The first-order valence-electron chi connectivity index (χ1n) is 3.62. The van der Waals surface area contributed by atoms with Gasteiger partial charge in [-0.15, -0.1) is 0 Å². The van der Waals surface area contributed by atoms with E-state index in [4.69, 9.17) is 4.74 Å². The third-order valence-electron chi connectivity index (χ3n) is 2.48. The van der Waals surface area contributed by atoms with Crippen LogP contribution in [0.5, 0.6) is 0 Å². The van der Waals surface area contributed by atoms with Gasteiger partial charge in [-0.25, -0.2) is 0 Å². The summed E-state index contributed by atoms with van der Waals surface area (Å²) in [5.41, 5.74) is 0. The van der Waals surface area contributed by atoms with E-state index in [1.165, 1.54) is 0 Å². The Morgan fingerprint density at radius 1 is 1.11 bits per heavy atom. The number of rotatable bonds is 0. The molecule has 3 atom stereocenters. The van der Waals surface area contributed by atoms with E-state index in [0.29, 0.717) is 11.8 Å². The molecule has 2 nitrogen and oxygen atoms in total. The molecule has 0 spiro atoms. The summed E-state index contributed by atoms with van der Waals surface area (Å²) in [7, 11) is 0. The zero-order valence-corrected chi connectivity index (χ0v) is 5.42. The second kappa shape index (κ2) is 1.96. The molecule has 1 N–H and O–H groups in total. The van der Waals surface area contributed by atoms with Crippen molar-refractivity contribution in [3.05, 3.63) is 0 Å². The van der Waals surface area contributed by atoms with Crippen molar-refractivity contribution in [2.24, 2.45) is 11.8 Å². The van der Waals surface area contributed by atoms with Crippen LogP contribution in [0.15, 0.2) is 0 Å². The zero-order valence-electron chi connectivity index (χ0n) is 5.42. The lowest BCUT2D eigenvalue weighted by molar-refractivity contribution is 0.125. The van der Waals surface area contributed by atoms with E-state index < -0.39 is 0 Å². The van der Waals surface area contributed by atoms with Gasteiger partial charge < -0.3 is 9.84 Å². The topological polar surface area (TPSA) is 29.5 Å². The van der Waals surface area contributed by atoms with Crippen LogP contribution >= 0.6 is 0 Å². The van der Waals surface area contributed by atoms with E-state index in [0.717, 1.165) is 26.1 Å². The molecule has 0 radical (unpaired) electrons. The number of hydrogen-bond acceptors (Lipinski definition) is 2. The fourth-order valence-corrected chi connectivity index (χ4v) is 1.96. The van der Waals surface area contributed by atoms with Crippen LogP contribution in [-0.2, 0) is 4.74 Å². The predicted molar refractivity (Wildman–Crippen MR) is 33.0 cm³/mol. The van der Waals surface area contributed by atoms with Crippen molar-refractivity contribution in [3.8, 4) is 0 Å². The van der Waals surface area contributed by atoms with Crippen molar-refractivity contribution in [2.75, 3.05) is 13.2 Å². The van der Waals surface area contributed by atoms with Crippen molar-refractivity contribution in [3.63, 3.8) is 0 Å². The molecule has 2 aliphatic rings. The van der Waals surface area contributed by atoms with Gasteiger partial charge in [-0.2, -0.15) is 0 Å². The maximum atomic E-state index is 9.18. The van der Waals surface area contributed by atoms with E-state index >= 15 is 0 Å². The highest BCUT2D eigenvalue weighted by Gasteiger charge is 2.37. The highest BCUT2D eigenvalue weighted by Crippen LogP contribution is 2.36. The normalized spacial score (nSPS) is 49.7. The van der Waals surface area contributed by atoms with Gasteiger partial charge in [0.2, 0.25) is 0 Å². The summed E-state index contributed by atoms with van der Waals surface area (Å²) >= 11 is 0. The van der Waals surface area contributed by atoms with Gasteiger partial charge in [0.05, 0.1) is 6.10 Å². The number of hydrogen-bond donors (Lipinski definition) is 1. The third-order valence-corrected chi connectivity index (χ3v) is 2.48. The monoisotopic (exact) mass is 128 g/mol. The molecule has 9 heavy (non-hydrogen) atoms. The molecule has 2 fully saturated rings. The lowest BCUT2D eigenvalue weighted by Gasteiger charge is -2.00. The van der Waals surface area contributed by atoms with Crippen LogP contribution in [0.25, 0.3) is 0 Å². The molecule has 1 saturated heterocycles. The number of aliphatic hydroxyl groups excluding tert-OH is 1. The van der Waals surface area contributed by atoms with E-state index in [2.05, 4.69) is 0 Å². The molecule has 0 aromatic rings. The molecule has 1 aliphatic carbocycles. The van der Waals surface area contributed by atoms with Crippen molar-refractivity contribution in [1.82, 2.24) is 0 Å². The lowest BCUT2D eigenvalue weighted by atomic mass is 10.0. The molecule has 52 valence electrons. The standard InChI is InChI=1S/C7H12O2/c8-7-1-5-3-9-4-6(5)2-7/h5-8H,1-4H2/t5-,6+,7+. The fraction of sp³-hybridized carbons (Fsp3) is 1.00. The average molecular weight is 128 g/mol. The summed E-state index contributed by atoms with van der Waals surface area (Å²) in [6.07, 6.45) is 1.93. The van der Waals surface area contributed by atoms with Gasteiger partial charge in [0, 0.05) is 13.2 Å². The highest BCUT2D eigenvalue weighted by molar-refractivity contribution is 4.86. The van der Waals surface area contributed by atoms with Crippen LogP contribution < -0.4 is 0 Å². The quantitative estimate of drug-likeness (QED) is 0.512. The fourth-order valence-electron chi connectivity index (χ4n) is 1.96. The lowest BCUT2D eigenvalue weighted by Crippen LogP contribution is -2.02. The molecule has 1 saturated carbocycles. The van der Waals surface area contributed by atoms with Crippen LogP contribution in [0.4, 0.5) is 0 Å². The Hall–Kier alpha value is -0.0800. The van der Waals surface area contributed by atoms with Gasteiger partial charge >= 0.3 is 0 Å². The van der Waals surface area contributed by atoms with E-state index in [-0.39, 0.29) is 6.10 Å². The van der Waals surface area contributed by atoms with Gasteiger partial charge in [-0.05, 0) is 24.7 Å². The molecule has 0 bridgehead atoms. The van der Waals surface area contributed by atoms with Gasteiger partial charge in [0.15, 0.2) is 0 Å². The van der Waals surface area contributed by atoms with Crippen LogP contribution in [0.3, 0.4) is 0 Å². The Morgan fingerprint density at radius 2 is 1.67 bits per heavy atom. The molecule has 2 heteroatoms. The van der Waals surface area contributed by atoms with Crippen molar-refractivity contribution >= 4 is 0 Å². The molecule has 0 aromatic carbocycles. The summed E-state index contributed by atoms with van der Waals surface area (Å²) in [6.45, 7) is 1.78. The number of fused-ring (bicyclic) bond motifs is 1. The minimum atomic E-state index is -0.0242. The Bertz CT molecular complexity index is 101. The number of aliphatic hydroxyl groups is 1. The molecule has 1 heterocycles. The maximum Gasteiger partial charge on any atom is 0.0547 e. The Morgan fingerprint density at radius 3 is 2.22 bits per heavy atom. The zero-order chi connectivity index (χ0) is 6.27. The predicted octanol–water partition coefficient (Wildman–Crippen LogP) is 0.404. The van der Waals surface area contributed by atoms with Crippen LogP contribution in [-0.4, -0.2) is 24.4 Å². The van der Waals surface area contributed by atoms with Gasteiger partial charge in [-0.3, -0.25) is 0 Å². The van der Waals surface area contributed by atoms with Gasteiger partial charge in [0.1, 0.15) is 0 Å².